The van der Waals surface area contributed by atoms with Crippen LogP contribution >= 0.6 is 0 Å². The number of hydrogen-bond acceptors (Lipinski definition) is 1. The molecule has 0 fully saturated rings. The number of anilines is 3. The molecular formula is C63H40N2. The second-order valence-electron chi connectivity index (χ2n) is 17.5. The smallest absolute Gasteiger partial charge is 0.0726 e. The van der Waals surface area contributed by atoms with Crippen LogP contribution in [-0.4, -0.2) is 4.57 Å². The lowest BCUT2D eigenvalue weighted by molar-refractivity contribution is 0.794. The van der Waals surface area contributed by atoms with E-state index in [1.807, 2.05) is 0 Å². The van der Waals surface area contributed by atoms with Crippen LogP contribution in [0.15, 0.2) is 243 Å². The molecule has 1 heterocycles. The molecule has 0 bridgehead atoms. The van der Waals surface area contributed by atoms with Crippen molar-refractivity contribution in [1.29, 1.82) is 0 Å². The molecule has 2 aliphatic rings. The van der Waals surface area contributed by atoms with Gasteiger partial charge in [0.2, 0.25) is 0 Å². The molecule has 1 aromatic heterocycles. The third kappa shape index (κ3) is 4.94. The lowest BCUT2D eigenvalue weighted by atomic mass is 9.70. The molecule has 2 aliphatic carbocycles. The first-order chi connectivity index (χ1) is 32.3. The van der Waals surface area contributed by atoms with Crippen molar-refractivity contribution in [3.05, 3.63) is 265 Å². The van der Waals surface area contributed by atoms with Crippen molar-refractivity contribution in [2.75, 3.05) is 4.90 Å². The summed E-state index contributed by atoms with van der Waals surface area (Å²) in [5.41, 5.74) is 19.4. The Bertz CT molecular complexity index is 3850. The largest absolute Gasteiger partial charge is 0.310 e. The van der Waals surface area contributed by atoms with E-state index in [2.05, 4.69) is 252 Å². The summed E-state index contributed by atoms with van der Waals surface area (Å²) >= 11 is 0. The Morgan fingerprint density at radius 1 is 0.354 bits per heavy atom. The summed E-state index contributed by atoms with van der Waals surface area (Å²) in [7, 11) is 0. The molecular weight excluding hydrogens is 785 g/mol. The predicted octanol–water partition coefficient (Wildman–Crippen LogP) is 16.6. The van der Waals surface area contributed by atoms with E-state index in [1.54, 1.807) is 0 Å². The molecule has 302 valence electrons. The summed E-state index contributed by atoms with van der Waals surface area (Å²) in [6.07, 6.45) is 0. The summed E-state index contributed by atoms with van der Waals surface area (Å²) in [4.78, 5) is 2.50. The number of rotatable bonds is 5. The molecule has 0 radical (unpaired) electrons. The van der Waals surface area contributed by atoms with Gasteiger partial charge < -0.3 is 9.47 Å². The highest BCUT2D eigenvalue weighted by Gasteiger charge is 2.52. The fraction of sp³-hybridized carbons (Fsp3) is 0.0159. The summed E-state index contributed by atoms with van der Waals surface area (Å²) in [5.74, 6) is 0. The molecule has 2 heteroatoms. The zero-order chi connectivity index (χ0) is 42.6. The van der Waals surface area contributed by atoms with Crippen LogP contribution in [0.25, 0.3) is 82.4 Å². The summed E-state index contributed by atoms with van der Waals surface area (Å²) in [5, 5.41) is 7.35. The molecule has 0 amide bonds. The summed E-state index contributed by atoms with van der Waals surface area (Å²) in [6.45, 7) is 0. The van der Waals surface area contributed by atoms with Gasteiger partial charge in [0, 0.05) is 38.5 Å². The lowest BCUT2D eigenvalue weighted by Gasteiger charge is -2.31. The minimum Gasteiger partial charge on any atom is -0.310 e. The van der Waals surface area contributed by atoms with Gasteiger partial charge in [0.25, 0.3) is 0 Å². The van der Waals surface area contributed by atoms with E-state index >= 15 is 0 Å². The van der Waals surface area contributed by atoms with E-state index < -0.39 is 5.41 Å². The summed E-state index contributed by atoms with van der Waals surface area (Å²) < 4.78 is 2.56. The SMILES string of the molecule is c1ccc(-c2cc3ccccc3c3c2c2ccc(N(c4ccccc4)c4cccc5c4-c4ccccc4C54c5ccccc5-c5ccccc54)cc2n3-c2cccc3ccccc23)cc1. The van der Waals surface area contributed by atoms with Gasteiger partial charge in [0.05, 0.1) is 27.8 Å². The van der Waals surface area contributed by atoms with Gasteiger partial charge in [0.15, 0.2) is 0 Å². The average Bonchev–Trinajstić information content (AvgIpc) is 3.99. The van der Waals surface area contributed by atoms with Crippen molar-refractivity contribution in [2.45, 2.75) is 5.41 Å². The van der Waals surface area contributed by atoms with Crippen LogP contribution in [0.1, 0.15) is 22.3 Å². The maximum absolute atomic E-state index is 2.56. The molecule has 0 unspecified atom stereocenters. The van der Waals surface area contributed by atoms with Gasteiger partial charge in [-0.3, -0.25) is 0 Å². The first-order valence-electron chi connectivity index (χ1n) is 22.6. The molecule has 0 aliphatic heterocycles. The molecule has 12 aromatic rings. The van der Waals surface area contributed by atoms with Crippen molar-refractivity contribution in [3.63, 3.8) is 0 Å². The van der Waals surface area contributed by atoms with Gasteiger partial charge in [-0.1, -0.05) is 200 Å². The number of nitrogens with zero attached hydrogens (tertiary/aromatic N) is 2. The average molecular weight is 825 g/mol. The lowest BCUT2D eigenvalue weighted by Crippen LogP contribution is -2.26. The topological polar surface area (TPSA) is 8.17 Å². The Morgan fingerprint density at radius 3 is 1.68 bits per heavy atom. The van der Waals surface area contributed by atoms with Crippen molar-refractivity contribution in [3.8, 4) is 39.1 Å². The highest BCUT2D eigenvalue weighted by molar-refractivity contribution is 6.25. The highest BCUT2D eigenvalue weighted by Crippen LogP contribution is 2.64. The molecule has 2 nitrogen and oxygen atoms in total. The number of aromatic nitrogens is 1. The van der Waals surface area contributed by atoms with E-state index in [-0.39, 0.29) is 0 Å². The minimum atomic E-state index is -0.447. The van der Waals surface area contributed by atoms with Crippen LogP contribution in [0.2, 0.25) is 0 Å². The van der Waals surface area contributed by atoms with Gasteiger partial charge in [-0.05, 0) is 103 Å². The van der Waals surface area contributed by atoms with Crippen molar-refractivity contribution in [2.24, 2.45) is 0 Å². The first kappa shape index (κ1) is 36.1. The number of fused-ring (bicyclic) bond motifs is 16. The summed E-state index contributed by atoms with van der Waals surface area (Å²) in [6, 6.07) is 90.1. The van der Waals surface area contributed by atoms with E-state index in [0.717, 1.165) is 28.3 Å². The maximum Gasteiger partial charge on any atom is 0.0726 e. The van der Waals surface area contributed by atoms with Crippen molar-refractivity contribution >= 4 is 60.4 Å². The Morgan fingerprint density at radius 2 is 0.923 bits per heavy atom. The Balaban J connectivity index is 1.10. The van der Waals surface area contributed by atoms with Crippen LogP contribution in [0.3, 0.4) is 0 Å². The predicted molar refractivity (Wildman–Crippen MR) is 272 cm³/mol. The van der Waals surface area contributed by atoms with Crippen LogP contribution < -0.4 is 4.90 Å². The molecule has 1 spiro atoms. The fourth-order valence-corrected chi connectivity index (χ4v) is 11.8. The van der Waals surface area contributed by atoms with E-state index in [1.165, 1.54) is 93.5 Å². The molecule has 0 saturated heterocycles. The minimum absolute atomic E-state index is 0.447. The normalized spacial score (nSPS) is 13.0. The third-order valence-electron chi connectivity index (χ3n) is 14.3. The van der Waals surface area contributed by atoms with Gasteiger partial charge in [-0.15, -0.1) is 0 Å². The highest BCUT2D eigenvalue weighted by atomic mass is 15.1. The van der Waals surface area contributed by atoms with Crippen LogP contribution in [0.5, 0.6) is 0 Å². The Kier molecular flexibility index (Phi) is 7.64. The number of benzene rings is 11. The number of hydrogen-bond donors (Lipinski definition) is 0. The van der Waals surface area contributed by atoms with Crippen molar-refractivity contribution in [1.82, 2.24) is 4.57 Å². The number of para-hydroxylation sites is 1. The molecule has 11 aromatic carbocycles. The zero-order valence-electron chi connectivity index (χ0n) is 35.5. The van der Waals surface area contributed by atoms with E-state index in [0.29, 0.717) is 0 Å². The molecule has 0 atom stereocenters. The van der Waals surface area contributed by atoms with Crippen LogP contribution in [0.4, 0.5) is 17.1 Å². The fourth-order valence-electron chi connectivity index (χ4n) is 11.8. The molecule has 65 heavy (non-hydrogen) atoms. The monoisotopic (exact) mass is 824 g/mol. The van der Waals surface area contributed by atoms with Gasteiger partial charge in [-0.2, -0.15) is 0 Å². The standard InChI is InChI=1S/C63H40N2/c1-3-19-42(20-4-1)52-39-43-22-8-10-27-47(43)62-60(52)51-38-37-45(40-59(51)65(62)57-35-17-23-41-21-7-9-26-46(41)57)64(44-24-5-2-6-25-44)58-36-18-34-56-61(58)50-30-13-16-33-55(50)63(56)53-31-14-11-28-48(53)49-29-12-15-32-54(49)63/h1-40H. The quantitative estimate of drug-likeness (QED) is 0.168. The second-order valence-corrected chi connectivity index (χ2v) is 17.5. The third-order valence-corrected chi connectivity index (χ3v) is 14.3. The molecule has 0 saturated carbocycles. The van der Waals surface area contributed by atoms with Gasteiger partial charge in [-0.25, -0.2) is 0 Å². The van der Waals surface area contributed by atoms with E-state index in [9.17, 15) is 0 Å². The first-order valence-corrected chi connectivity index (χ1v) is 22.6. The maximum atomic E-state index is 2.56. The zero-order valence-corrected chi connectivity index (χ0v) is 35.5. The Hall–Kier alpha value is -8.46. The molecule has 0 N–H and O–H groups in total. The van der Waals surface area contributed by atoms with Crippen molar-refractivity contribution < 1.29 is 0 Å². The van der Waals surface area contributed by atoms with Gasteiger partial charge >= 0.3 is 0 Å². The Labute approximate surface area is 377 Å². The van der Waals surface area contributed by atoms with Crippen LogP contribution in [-0.2, 0) is 5.41 Å². The van der Waals surface area contributed by atoms with Gasteiger partial charge in [0.1, 0.15) is 0 Å². The second kappa shape index (κ2) is 13.8. The van der Waals surface area contributed by atoms with Crippen LogP contribution in [0, 0.1) is 0 Å². The van der Waals surface area contributed by atoms with E-state index in [4.69, 9.17) is 0 Å². The molecule has 14 rings (SSSR count).